The zero-order valence-corrected chi connectivity index (χ0v) is 15.9. The molecule has 0 fully saturated rings. The Kier molecular flexibility index (Phi) is 20.0. The average Bonchev–Trinajstić information content (AvgIpc) is 2.57. The van der Waals surface area contributed by atoms with E-state index in [0.717, 1.165) is 25.7 Å². The van der Waals surface area contributed by atoms with Gasteiger partial charge in [-0.05, 0) is 19.8 Å². The van der Waals surface area contributed by atoms with E-state index in [0.29, 0.717) is 18.8 Å². The summed E-state index contributed by atoms with van der Waals surface area (Å²) in [5, 5.41) is 0. The fourth-order valence-corrected chi connectivity index (χ4v) is 1.75. The number of hydrogen-bond acceptors (Lipinski definition) is 4. The largest absolute Gasteiger partial charge is 0.463 e. The minimum Gasteiger partial charge on any atom is -0.463 e. The Labute approximate surface area is 148 Å². The molecular formula is C20H36O4. The van der Waals surface area contributed by atoms with Gasteiger partial charge in [-0.1, -0.05) is 72.0 Å². The molecule has 0 saturated heterocycles. The fraction of sp³-hybridized carbons (Fsp3) is 0.700. The highest BCUT2D eigenvalue weighted by atomic mass is 16.5. The Morgan fingerprint density at radius 2 is 1.29 bits per heavy atom. The summed E-state index contributed by atoms with van der Waals surface area (Å²) in [4.78, 5) is 21.4. The molecule has 0 aromatic rings. The first-order valence-corrected chi connectivity index (χ1v) is 9.11. The molecule has 0 rings (SSSR count). The van der Waals surface area contributed by atoms with Crippen molar-refractivity contribution >= 4 is 11.9 Å². The van der Waals surface area contributed by atoms with Gasteiger partial charge < -0.3 is 9.47 Å². The van der Waals surface area contributed by atoms with Crippen LogP contribution in [0.1, 0.15) is 78.6 Å². The van der Waals surface area contributed by atoms with Crippen LogP contribution in [0.25, 0.3) is 0 Å². The standard InChI is InChI=1S/2C10H18O2/c1-4-5-6-7-8-12-10(11)9(2)3;1-3-5-6-7-8-9-12-10(11)4-2/h2,4-8H2,1,3H3;4H,2-3,5-9H2,1H3. The molecule has 0 spiro atoms. The third kappa shape index (κ3) is 20.4. The van der Waals surface area contributed by atoms with Gasteiger partial charge in [0.05, 0.1) is 13.2 Å². The van der Waals surface area contributed by atoms with Gasteiger partial charge in [-0.15, -0.1) is 0 Å². The van der Waals surface area contributed by atoms with Crippen LogP contribution in [0.5, 0.6) is 0 Å². The second kappa shape index (κ2) is 19.5. The van der Waals surface area contributed by atoms with Crippen LogP contribution in [0.3, 0.4) is 0 Å². The molecule has 0 heterocycles. The second-order valence-electron chi connectivity index (χ2n) is 5.76. The van der Waals surface area contributed by atoms with Crippen molar-refractivity contribution in [1.29, 1.82) is 0 Å². The van der Waals surface area contributed by atoms with Crippen LogP contribution in [0.2, 0.25) is 0 Å². The summed E-state index contributed by atoms with van der Waals surface area (Å²) in [7, 11) is 0. The molecule has 0 aliphatic carbocycles. The Hall–Kier alpha value is -1.58. The van der Waals surface area contributed by atoms with Crippen LogP contribution < -0.4 is 0 Å². The lowest BCUT2D eigenvalue weighted by Crippen LogP contribution is -2.05. The van der Waals surface area contributed by atoms with Crippen LogP contribution in [-0.4, -0.2) is 25.2 Å². The van der Waals surface area contributed by atoms with Crippen molar-refractivity contribution < 1.29 is 19.1 Å². The Morgan fingerprint density at radius 3 is 1.75 bits per heavy atom. The lowest BCUT2D eigenvalue weighted by molar-refractivity contribution is -0.139. The molecule has 4 heteroatoms. The summed E-state index contributed by atoms with van der Waals surface area (Å²) < 4.78 is 9.73. The predicted molar refractivity (Wildman–Crippen MR) is 99.8 cm³/mol. The van der Waals surface area contributed by atoms with Crippen LogP contribution in [-0.2, 0) is 19.1 Å². The van der Waals surface area contributed by atoms with Crippen molar-refractivity contribution in [1.82, 2.24) is 0 Å². The zero-order chi connectivity index (χ0) is 18.6. The van der Waals surface area contributed by atoms with E-state index in [2.05, 4.69) is 27.0 Å². The third-order valence-electron chi connectivity index (χ3n) is 3.24. The first kappa shape index (κ1) is 24.7. The summed E-state index contributed by atoms with van der Waals surface area (Å²) in [5.74, 6) is -0.586. The van der Waals surface area contributed by atoms with Crippen LogP contribution >= 0.6 is 0 Å². The summed E-state index contributed by atoms with van der Waals surface area (Å²) >= 11 is 0. The molecule has 24 heavy (non-hydrogen) atoms. The number of esters is 2. The van der Waals surface area contributed by atoms with Gasteiger partial charge in [0, 0.05) is 11.6 Å². The van der Waals surface area contributed by atoms with Crippen molar-refractivity contribution in [2.24, 2.45) is 0 Å². The highest BCUT2D eigenvalue weighted by Gasteiger charge is 2.01. The molecule has 0 bridgehead atoms. The molecule has 4 nitrogen and oxygen atoms in total. The number of ether oxygens (including phenoxy) is 2. The maximum Gasteiger partial charge on any atom is 0.333 e. The number of carbonyl (C=O) groups excluding carboxylic acids is 2. The van der Waals surface area contributed by atoms with Gasteiger partial charge >= 0.3 is 11.9 Å². The summed E-state index contributed by atoms with van der Waals surface area (Å²) in [6.45, 7) is 13.9. The van der Waals surface area contributed by atoms with E-state index in [1.54, 1.807) is 6.92 Å². The Bertz CT molecular complexity index is 346. The molecule has 140 valence electrons. The van der Waals surface area contributed by atoms with E-state index in [-0.39, 0.29) is 11.9 Å². The summed E-state index contributed by atoms with van der Waals surface area (Å²) in [6, 6.07) is 0. The monoisotopic (exact) mass is 340 g/mol. The molecule has 0 unspecified atom stereocenters. The van der Waals surface area contributed by atoms with Crippen LogP contribution in [0.15, 0.2) is 24.8 Å². The van der Waals surface area contributed by atoms with E-state index < -0.39 is 0 Å². The molecule has 0 saturated carbocycles. The van der Waals surface area contributed by atoms with Crippen LogP contribution in [0, 0.1) is 0 Å². The van der Waals surface area contributed by atoms with Crippen molar-refractivity contribution in [3.63, 3.8) is 0 Å². The van der Waals surface area contributed by atoms with Gasteiger partial charge in [-0.25, -0.2) is 9.59 Å². The number of carbonyl (C=O) groups is 2. The van der Waals surface area contributed by atoms with Gasteiger partial charge in [0.1, 0.15) is 0 Å². The zero-order valence-electron chi connectivity index (χ0n) is 15.9. The van der Waals surface area contributed by atoms with Gasteiger partial charge in [0.15, 0.2) is 0 Å². The highest BCUT2D eigenvalue weighted by Crippen LogP contribution is 2.02. The van der Waals surface area contributed by atoms with E-state index in [4.69, 9.17) is 9.47 Å². The second-order valence-corrected chi connectivity index (χ2v) is 5.76. The van der Waals surface area contributed by atoms with Crippen molar-refractivity contribution in [3.05, 3.63) is 24.8 Å². The number of hydrogen-bond donors (Lipinski definition) is 0. The maximum atomic E-state index is 10.9. The average molecular weight is 341 g/mol. The lowest BCUT2D eigenvalue weighted by Gasteiger charge is -2.02. The summed E-state index contributed by atoms with van der Waals surface area (Å²) in [5.41, 5.74) is 0.477. The van der Waals surface area contributed by atoms with Crippen molar-refractivity contribution in [2.75, 3.05) is 13.2 Å². The van der Waals surface area contributed by atoms with E-state index in [9.17, 15) is 9.59 Å². The summed E-state index contributed by atoms with van der Waals surface area (Å²) in [6.07, 6.45) is 11.6. The molecule has 0 aromatic carbocycles. The molecule has 0 amide bonds. The minimum absolute atomic E-state index is 0.272. The van der Waals surface area contributed by atoms with Gasteiger partial charge in [-0.3, -0.25) is 0 Å². The first-order chi connectivity index (χ1) is 11.5. The lowest BCUT2D eigenvalue weighted by atomic mass is 10.2. The minimum atomic E-state index is -0.314. The van der Waals surface area contributed by atoms with Crippen molar-refractivity contribution in [3.8, 4) is 0 Å². The molecule has 0 aliphatic rings. The van der Waals surface area contributed by atoms with E-state index in [1.165, 1.54) is 38.2 Å². The normalized spacial score (nSPS) is 9.46. The molecule has 0 N–H and O–H groups in total. The molecule has 0 atom stereocenters. The molecular weight excluding hydrogens is 304 g/mol. The smallest absolute Gasteiger partial charge is 0.333 e. The van der Waals surface area contributed by atoms with E-state index >= 15 is 0 Å². The van der Waals surface area contributed by atoms with Gasteiger partial charge in [0.25, 0.3) is 0 Å². The molecule has 0 radical (unpaired) electrons. The van der Waals surface area contributed by atoms with Crippen molar-refractivity contribution in [2.45, 2.75) is 78.6 Å². The predicted octanol–water partition coefficient (Wildman–Crippen LogP) is 5.37. The Morgan fingerprint density at radius 1 is 0.833 bits per heavy atom. The van der Waals surface area contributed by atoms with E-state index in [1.807, 2.05) is 0 Å². The first-order valence-electron chi connectivity index (χ1n) is 9.11. The van der Waals surface area contributed by atoms with Gasteiger partial charge in [0.2, 0.25) is 0 Å². The van der Waals surface area contributed by atoms with Gasteiger partial charge in [-0.2, -0.15) is 0 Å². The number of rotatable bonds is 13. The quantitative estimate of drug-likeness (QED) is 0.257. The highest BCUT2D eigenvalue weighted by molar-refractivity contribution is 5.86. The van der Waals surface area contributed by atoms with Crippen LogP contribution in [0.4, 0.5) is 0 Å². The SMILES string of the molecule is C=C(C)C(=O)OCCCCCC.C=CC(=O)OCCCCCCC. The molecule has 0 aromatic heterocycles. The number of unbranched alkanes of at least 4 members (excludes halogenated alkanes) is 7. The Balaban J connectivity index is 0. The maximum absolute atomic E-state index is 10.9. The third-order valence-corrected chi connectivity index (χ3v) is 3.24. The fourth-order valence-electron chi connectivity index (χ4n) is 1.75. The topological polar surface area (TPSA) is 52.6 Å². The molecule has 0 aliphatic heterocycles.